The quantitative estimate of drug-likeness (QED) is 0.815. The van der Waals surface area contributed by atoms with E-state index in [1.807, 2.05) is 4.68 Å². The number of hydrogen-bond acceptors (Lipinski definition) is 4. The molecule has 2 bridgehead atoms. The average molecular weight is 367 g/mol. The van der Waals surface area contributed by atoms with Crippen LogP contribution in [0, 0.1) is 5.92 Å². The zero-order valence-corrected chi connectivity index (χ0v) is 16.4. The molecule has 144 valence electrons. The van der Waals surface area contributed by atoms with Gasteiger partial charge in [-0.3, -0.25) is 14.5 Å². The Bertz CT molecular complexity index is 778. The number of nitrogens with zero attached hydrogens (tertiary/aromatic N) is 4. The van der Waals surface area contributed by atoms with Crippen LogP contribution in [-0.2, 0) is 13.1 Å². The fourth-order valence-corrected chi connectivity index (χ4v) is 5.76. The lowest BCUT2D eigenvalue weighted by molar-refractivity contribution is -0.00869. The van der Waals surface area contributed by atoms with Crippen molar-refractivity contribution < 1.29 is 4.74 Å². The first-order chi connectivity index (χ1) is 13.3. The van der Waals surface area contributed by atoms with Crippen molar-refractivity contribution in [2.24, 2.45) is 5.92 Å². The van der Waals surface area contributed by atoms with Gasteiger partial charge in [0.1, 0.15) is 5.75 Å². The molecule has 5 heterocycles. The molecule has 2 aromatic rings. The van der Waals surface area contributed by atoms with Gasteiger partial charge in [0.05, 0.1) is 13.3 Å². The topological polar surface area (TPSA) is 33.5 Å². The molecule has 5 nitrogen and oxygen atoms in total. The summed E-state index contributed by atoms with van der Waals surface area (Å²) in [5.74, 6) is 2.39. The number of hydrogen-bond donors (Lipinski definition) is 0. The number of ether oxygens (including phenoxy) is 1. The molecule has 5 heteroatoms. The molecule has 0 radical (unpaired) electrons. The van der Waals surface area contributed by atoms with Crippen LogP contribution in [0.2, 0.25) is 0 Å². The van der Waals surface area contributed by atoms with E-state index in [9.17, 15) is 0 Å². The largest absolute Gasteiger partial charge is 0.497 e. The van der Waals surface area contributed by atoms with Gasteiger partial charge in [-0.05, 0) is 56.5 Å². The third-order valence-corrected chi connectivity index (χ3v) is 7.03. The van der Waals surface area contributed by atoms with Gasteiger partial charge in [-0.15, -0.1) is 0 Å². The number of aryl methyl sites for hydroxylation is 1. The average Bonchev–Trinajstić information content (AvgIpc) is 3.35. The minimum atomic E-state index is 0.588. The van der Waals surface area contributed by atoms with Crippen LogP contribution in [0.1, 0.15) is 36.8 Å². The summed E-state index contributed by atoms with van der Waals surface area (Å²) >= 11 is 0. The lowest BCUT2D eigenvalue weighted by Gasteiger charge is -2.51. The molecule has 3 atom stereocenters. The van der Waals surface area contributed by atoms with E-state index in [1.165, 1.54) is 37.1 Å². The van der Waals surface area contributed by atoms with Crippen molar-refractivity contribution in [3.05, 3.63) is 47.8 Å². The van der Waals surface area contributed by atoms with Crippen LogP contribution in [0.4, 0.5) is 0 Å². The van der Waals surface area contributed by atoms with Crippen LogP contribution < -0.4 is 4.74 Å². The van der Waals surface area contributed by atoms with Crippen molar-refractivity contribution >= 4 is 0 Å². The number of rotatable bonds is 5. The Hall–Kier alpha value is -1.85. The van der Waals surface area contributed by atoms with Gasteiger partial charge in [0, 0.05) is 49.4 Å². The number of fused-ring (bicyclic) bond motifs is 2. The first kappa shape index (κ1) is 17.3. The van der Waals surface area contributed by atoms with Crippen LogP contribution in [0.15, 0.2) is 36.7 Å². The van der Waals surface area contributed by atoms with Gasteiger partial charge in [0.15, 0.2) is 0 Å². The Labute approximate surface area is 161 Å². The highest BCUT2D eigenvalue weighted by molar-refractivity contribution is 5.33. The van der Waals surface area contributed by atoms with Gasteiger partial charge in [-0.25, -0.2) is 0 Å². The molecule has 0 unspecified atom stereocenters. The summed E-state index contributed by atoms with van der Waals surface area (Å²) < 4.78 is 7.41. The molecule has 4 aliphatic heterocycles. The zero-order valence-electron chi connectivity index (χ0n) is 16.4. The molecule has 4 saturated heterocycles. The summed E-state index contributed by atoms with van der Waals surface area (Å²) in [5.41, 5.74) is 2.81. The molecule has 27 heavy (non-hydrogen) atoms. The Balaban J connectivity index is 1.43. The summed E-state index contributed by atoms with van der Waals surface area (Å²) in [4.78, 5) is 5.53. The second-order valence-corrected chi connectivity index (χ2v) is 8.37. The Morgan fingerprint density at radius 1 is 1.11 bits per heavy atom. The third-order valence-electron chi connectivity index (χ3n) is 7.03. The lowest BCUT2D eigenvalue weighted by atomic mass is 9.75. The van der Waals surface area contributed by atoms with Crippen LogP contribution >= 0.6 is 0 Å². The highest BCUT2D eigenvalue weighted by Gasteiger charge is 2.53. The maximum atomic E-state index is 5.37. The third kappa shape index (κ3) is 2.97. The van der Waals surface area contributed by atoms with Crippen molar-refractivity contribution in [2.45, 2.75) is 50.9 Å². The molecule has 0 amide bonds. The van der Waals surface area contributed by atoms with E-state index in [-0.39, 0.29) is 0 Å². The Morgan fingerprint density at radius 2 is 1.89 bits per heavy atom. The number of aromatic nitrogens is 2. The van der Waals surface area contributed by atoms with Crippen molar-refractivity contribution in [3.63, 3.8) is 0 Å². The number of piperidine rings is 3. The summed E-state index contributed by atoms with van der Waals surface area (Å²) in [5, 5.41) is 4.49. The van der Waals surface area contributed by atoms with Gasteiger partial charge in [-0.2, -0.15) is 5.10 Å². The maximum absolute atomic E-state index is 5.37. The van der Waals surface area contributed by atoms with Crippen molar-refractivity contribution in [2.75, 3.05) is 26.7 Å². The highest BCUT2D eigenvalue weighted by atomic mass is 16.5. The lowest BCUT2D eigenvalue weighted by Crippen LogP contribution is -2.59. The normalized spacial score (nSPS) is 32.6. The van der Waals surface area contributed by atoms with E-state index in [1.54, 1.807) is 7.11 Å². The SMILES string of the molecule is CCn1cc(CN2C[C@@H](c3ccc(OC)cc3)[C@@H]3[C@H]2C2CCN3CC2)cn1. The molecular formula is C22H30N4O. The predicted octanol–water partition coefficient (Wildman–Crippen LogP) is 2.97. The summed E-state index contributed by atoms with van der Waals surface area (Å²) in [7, 11) is 1.74. The number of benzene rings is 1. The number of methoxy groups -OCH3 is 1. The van der Waals surface area contributed by atoms with Crippen LogP contribution in [0.3, 0.4) is 0 Å². The zero-order chi connectivity index (χ0) is 18.4. The van der Waals surface area contributed by atoms with Gasteiger partial charge >= 0.3 is 0 Å². The van der Waals surface area contributed by atoms with E-state index < -0.39 is 0 Å². The molecule has 0 saturated carbocycles. The summed E-state index contributed by atoms with van der Waals surface area (Å²) in [6, 6.07) is 10.1. The van der Waals surface area contributed by atoms with Crippen molar-refractivity contribution in [1.82, 2.24) is 19.6 Å². The maximum Gasteiger partial charge on any atom is 0.118 e. The monoisotopic (exact) mass is 366 g/mol. The standard InChI is InChI=1S/C22H30N4O/c1-3-26-14-16(12-23-26)13-25-15-20(17-4-6-19(27-2)7-5-17)22-21(25)18-8-10-24(22)11-9-18/h4-7,12,14,18,20-22H,3,8-11,13,15H2,1-2H3/t20-,21+,22+/m0/s1. The molecule has 0 N–H and O–H groups in total. The molecule has 0 aliphatic carbocycles. The fourth-order valence-electron chi connectivity index (χ4n) is 5.76. The molecule has 4 aliphatic rings. The van der Waals surface area contributed by atoms with Gasteiger partial charge in [0.2, 0.25) is 0 Å². The highest BCUT2D eigenvalue weighted by Crippen LogP contribution is 2.47. The first-order valence-corrected chi connectivity index (χ1v) is 10.4. The molecular weight excluding hydrogens is 336 g/mol. The van der Waals surface area contributed by atoms with Crippen LogP contribution in [0.5, 0.6) is 5.75 Å². The second kappa shape index (κ2) is 6.95. The Morgan fingerprint density at radius 3 is 2.56 bits per heavy atom. The molecule has 1 aromatic heterocycles. The van der Waals surface area contributed by atoms with E-state index >= 15 is 0 Å². The fraction of sp³-hybridized carbons (Fsp3) is 0.591. The smallest absolute Gasteiger partial charge is 0.118 e. The molecule has 4 fully saturated rings. The van der Waals surface area contributed by atoms with Crippen LogP contribution in [0.25, 0.3) is 0 Å². The van der Waals surface area contributed by atoms with Crippen molar-refractivity contribution in [3.8, 4) is 5.75 Å². The van der Waals surface area contributed by atoms with E-state index in [0.29, 0.717) is 18.0 Å². The number of likely N-dealkylation sites (tertiary alicyclic amines) is 1. The Kier molecular flexibility index (Phi) is 4.44. The minimum Gasteiger partial charge on any atom is -0.497 e. The minimum absolute atomic E-state index is 0.588. The van der Waals surface area contributed by atoms with Crippen molar-refractivity contribution in [1.29, 1.82) is 0 Å². The van der Waals surface area contributed by atoms with Gasteiger partial charge in [-0.1, -0.05) is 12.1 Å². The first-order valence-electron chi connectivity index (χ1n) is 10.4. The van der Waals surface area contributed by atoms with Gasteiger partial charge < -0.3 is 4.74 Å². The predicted molar refractivity (Wildman–Crippen MR) is 106 cm³/mol. The van der Waals surface area contributed by atoms with E-state index in [2.05, 4.69) is 58.5 Å². The molecule has 6 rings (SSSR count). The van der Waals surface area contributed by atoms with E-state index in [0.717, 1.165) is 31.3 Å². The van der Waals surface area contributed by atoms with Gasteiger partial charge in [0.25, 0.3) is 0 Å². The summed E-state index contributed by atoms with van der Waals surface area (Å²) in [6.07, 6.45) is 7.00. The molecule has 1 aromatic carbocycles. The van der Waals surface area contributed by atoms with E-state index in [4.69, 9.17) is 4.74 Å². The molecule has 0 spiro atoms. The van der Waals surface area contributed by atoms with Crippen LogP contribution in [-0.4, -0.2) is 58.4 Å². The second-order valence-electron chi connectivity index (χ2n) is 8.37. The summed E-state index contributed by atoms with van der Waals surface area (Å²) in [6.45, 7) is 7.82.